The van der Waals surface area contributed by atoms with Crippen LogP contribution >= 0.6 is 23.2 Å². The first-order valence-electron chi connectivity index (χ1n) is 8.99. The molecule has 29 heavy (non-hydrogen) atoms. The van der Waals surface area contributed by atoms with Crippen LogP contribution in [0.25, 0.3) is 11.3 Å². The third-order valence-electron chi connectivity index (χ3n) is 4.39. The molecular formula is C23H17Cl2N3O. The quantitative estimate of drug-likeness (QED) is 0.278. The van der Waals surface area contributed by atoms with Gasteiger partial charge in [-0.3, -0.25) is 5.43 Å². The number of hydrogen-bond donors (Lipinski definition) is 1. The lowest BCUT2D eigenvalue weighted by molar-refractivity contribution is 0.572. The fourth-order valence-electron chi connectivity index (χ4n) is 3.02. The SMILES string of the molecule is Clc1cc(Cc2ccccc2N/N=C/c2ccccc2)cc(Cl)c1-c1cnco1. The van der Waals surface area contributed by atoms with Crippen molar-refractivity contribution >= 4 is 35.1 Å². The number of oxazole rings is 1. The van der Waals surface area contributed by atoms with Crippen LogP contribution in [0.4, 0.5) is 5.69 Å². The van der Waals surface area contributed by atoms with E-state index in [4.69, 9.17) is 27.6 Å². The largest absolute Gasteiger partial charge is 0.443 e. The summed E-state index contributed by atoms with van der Waals surface area (Å²) in [6.07, 6.45) is 5.39. The summed E-state index contributed by atoms with van der Waals surface area (Å²) in [7, 11) is 0. The summed E-state index contributed by atoms with van der Waals surface area (Å²) in [5.74, 6) is 0.545. The van der Waals surface area contributed by atoms with Crippen molar-refractivity contribution in [1.29, 1.82) is 0 Å². The van der Waals surface area contributed by atoms with E-state index < -0.39 is 0 Å². The van der Waals surface area contributed by atoms with Gasteiger partial charge in [-0.2, -0.15) is 5.10 Å². The van der Waals surface area contributed by atoms with Crippen molar-refractivity contribution in [3.05, 3.63) is 106 Å². The maximum absolute atomic E-state index is 6.47. The van der Waals surface area contributed by atoms with Crippen molar-refractivity contribution in [3.8, 4) is 11.3 Å². The van der Waals surface area contributed by atoms with Gasteiger partial charge in [0, 0.05) is 0 Å². The Bertz CT molecular complexity index is 1100. The van der Waals surface area contributed by atoms with Crippen molar-refractivity contribution in [3.63, 3.8) is 0 Å². The van der Waals surface area contributed by atoms with Gasteiger partial charge in [0.1, 0.15) is 0 Å². The Morgan fingerprint density at radius 1 is 0.966 bits per heavy atom. The highest BCUT2D eigenvalue weighted by molar-refractivity contribution is 6.39. The Hall–Kier alpha value is -3.08. The average molecular weight is 422 g/mol. The van der Waals surface area contributed by atoms with E-state index >= 15 is 0 Å². The number of benzene rings is 3. The first-order chi connectivity index (χ1) is 14.2. The Balaban J connectivity index is 1.55. The molecule has 0 unspecified atom stereocenters. The van der Waals surface area contributed by atoms with E-state index in [1.54, 1.807) is 12.4 Å². The summed E-state index contributed by atoms with van der Waals surface area (Å²) in [5, 5.41) is 5.40. The van der Waals surface area contributed by atoms with Crippen LogP contribution in [0.3, 0.4) is 0 Å². The van der Waals surface area contributed by atoms with Gasteiger partial charge in [0.2, 0.25) is 0 Å². The topological polar surface area (TPSA) is 50.4 Å². The number of rotatable bonds is 6. The lowest BCUT2D eigenvalue weighted by atomic mass is 10.0. The summed E-state index contributed by atoms with van der Waals surface area (Å²) >= 11 is 12.9. The maximum Gasteiger partial charge on any atom is 0.181 e. The zero-order valence-electron chi connectivity index (χ0n) is 15.3. The number of anilines is 1. The summed E-state index contributed by atoms with van der Waals surface area (Å²) in [5.41, 5.74) is 7.79. The van der Waals surface area contributed by atoms with Crippen LogP contribution in [-0.4, -0.2) is 11.2 Å². The molecule has 0 amide bonds. The molecule has 4 aromatic rings. The van der Waals surface area contributed by atoms with Gasteiger partial charge in [-0.05, 0) is 41.3 Å². The minimum absolute atomic E-state index is 0.525. The zero-order chi connectivity index (χ0) is 20.1. The second-order valence-corrected chi connectivity index (χ2v) is 7.23. The van der Waals surface area contributed by atoms with Crippen molar-refractivity contribution in [1.82, 2.24) is 4.98 Å². The molecule has 4 rings (SSSR count). The summed E-state index contributed by atoms with van der Waals surface area (Å²) in [6, 6.07) is 21.7. The van der Waals surface area contributed by atoms with Gasteiger partial charge in [-0.25, -0.2) is 4.98 Å². The first-order valence-corrected chi connectivity index (χ1v) is 9.75. The van der Waals surface area contributed by atoms with Crippen LogP contribution in [0.1, 0.15) is 16.7 Å². The molecule has 0 radical (unpaired) electrons. The molecule has 0 spiro atoms. The van der Waals surface area contributed by atoms with Gasteiger partial charge in [0.05, 0.1) is 33.7 Å². The molecular weight excluding hydrogens is 405 g/mol. The van der Waals surface area contributed by atoms with Crippen LogP contribution < -0.4 is 5.43 Å². The number of para-hydroxylation sites is 1. The lowest BCUT2D eigenvalue weighted by Crippen LogP contribution is -1.97. The molecule has 6 heteroatoms. The van der Waals surface area contributed by atoms with Gasteiger partial charge >= 0.3 is 0 Å². The van der Waals surface area contributed by atoms with E-state index in [1.807, 2.05) is 66.7 Å². The Labute approximate surface area is 178 Å². The van der Waals surface area contributed by atoms with Gasteiger partial charge in [0.25, 0.3) is 0 Å². The summed E-state index contributed by atoms with van der Waals surface area (Å²) < 4.78 is 5.33. The van der Waals surface area contributed by atoms with E-state index in [2.05, 4.69) is 15.5 Å². The fourth-order valence-corrected chi connectivity index (χ4v) is 3.74. The zero-order valence-corrected chi connectivity index (χ0v) is 16.9. The monoisotopic (exact) mass is 421 g/mol. The maximum atomic E-state index is 6.47. The second kappa shape index (κ2) is 8.95. The molecule has 0 fully saturated rings. The first kappa shape index (κ1) is 19.2. The molecule has 0 aliphatic carbocycles. The van der Waals surface area contributed by atoms with Crippen LogP contribution in [0, 0.1) is 0 Å². The van der Waals surface area contributed by atoms with Crippen LogP contribution in [0.15, 0.2) is 88.8 Å². The Morgan fingerprint density at radius 3 is 2.41 bits per heavy atom. The molecule has 0 saturated heterocycles. The molecule has 0 bridgehead atoms. The van der Waals surface area contributed by atoms with Crippen molar-refractivity contribution in [2.45, 2.75) is 6.42 Å². The van der Waals surface area contributed by atoms with Gasteiger partial charge < -0.3 is 4.42 Å². The molecule has 144 valence electrons. The third-order valence-corrected chi connectivity index (χ3v) is 4.99. The molecule has 0 aliphatic heterocycles. The van der Waals surface area contributed by atoms with Gasteiger partial charge in [-0.15, -0.1) is 0 Å². The minimum Gasteiger partial charge on any atom is -0.443 e. The smallest absolute Gasteiger partial charge is 0.181 e. The van der Waals surface area contributed by atoms with Crippen LogP contribution in [0.2, 0.25) is 10.0 Å². The predicted molar refractivity (Wildman–Crippen MR) is 119 cm³/mol. The summed E-state index contributed by atoms with van der Waals surface area (Å²) in [6.45, 7) is 0. The molecule has 0 saturated carbocycles. The van der Waals surface area contributed by atoms with E-state index in [9.17, 15) is 0 Å². The standard InChI is InChI=1S/C23H17Cl2N3O/c24-19-11-17(12-20(25)23(19)22-14-26-15-29-22)10-18-8-4-5-9-21(18)28-27-13-16-6-2-1-3-7-16/h1-9,11-15,28H,10H2/b27-13+. The van der Waals surface area contributed by atoms with E-state index in [1.165, 1.54) is 6.39 Å². The van der Waals surface area contributed by atoms with Crippen LogP contribution in [0.5, 0.6) is 0 Å². The number of nitrogens with one attached hydrogen (secondary N) is 1. The minimum atomic E-state index is 0.525. The highest BCUT2D eigenvalue weighted by atomic mass is 35.5. The Morgan fingerprint density at radius 2 is 1.69 bits per heavy atom. The molecule has 1 N–H and O–H groups in total. The molecule has 1 aromatic heterocycles. The normalized spacial score (nSPS) is 11.1. The van der Waals surface area contributed by atoms with E-state index in [0.29, 0.717) is 27.8 Å². The van der Waals surface area contributed by atoms with Crippen molar-refractivity contribution < 1.29 is 4.42 Å². The number of aromatic nitrogens is 1. The fraction of sp³-hybridized carbons (Fsp3) is 0.0435. The van der Waals surface area contributed by atoms with Gasteiger partial charge in [0.15, 0.2) is 12.2 Å². The molecule has 1 heterocycles. The highest BCUT2D eigenvalue weighted by Gasteiger charge is 2.14. The summed E-state index contributed by atoms with van der Waals surface area (Å²) in [4.78, 5) is 3.93. The third kappa shape index (κ3) is 4.67. The number of hydrogen-bond acceptors (Lipinski definition) is 4. The Kier molecular flexibility index (Phi) is 5.94. The van der Waals surface area contributed by atoms with Crippen molar-refractivity contribution in [2.24, 2.45) is 5.10 Å². The van der Waals surface area contributed by atoms with Crippen LogP contribution in [-0.2, 0) is 6.42 Å². The molecule has 0 atom stereocenters. The molecule has 0 aliphatic rings. The number of nitrogens with zero attached hydrogens (tertiary/aromatic N) is 2. The van der Waals surface area contributed by atoms with E-state index in [-0.39, 0.29) is 0 Å². The number of hydrazone groups is 1. The highest BCUT2D eigenvalue weighted by Crippen LogP contribution is 2.36. The predicted octanol–water partition coefficient (Wildman–Crippen LogP) is 6.69. The average Bonchev–Trinajstić information content (AvgIpc) is 3.24. The molecule has 4 nitrogen and oxygen atoms in total. The second-order valence-electron chi connectivity index (χ2n) is 6.41. The number of halogens is 2. The lowest BCUT2D eigenvalue weighted by Gasteiger charge is -2.11. The van der Waals surface area contributed by atoms with Gasteiger partial charge in [-0.1, -0.05) is 71.7 Å². The van der Waals surface area contributed by atoms with Crippen molar-refractivity contribution in [2.75, 3.05) is 5.43 Å². The van der Waals surface area contributed by atoms with E-state index in [0.717, 1.165) is 22.4 Å². The molecule has 3 aromatic carbocycles.